The highest BCUT2D eigenvalue weighted by molar-refractivity contribution is 6.00. The lowest BCUT2D eigenvalue weighted by atomic mass is 10.1. The van der Waals surface area contributed by atoms with E-state index in [-0.39, 0.29) is 30.7 Å². The fourth-order valence-corrected chi connectivity index (χ4v) is 3.32. The Kier molecular flexibility index (Phi) is 7.25. The number of amides is 2. The number of hydrogen-bond donors (Lipinski definition) is 1. The van der Waals surface area contributed by atoms with Crippen molar-refractivity contribution < 1.29 is 37.0 Å². The zero-order valence-corrected chi connectivity index (χ0v) is 18.0. The minimum Gasteiger partial charge on any atom is -0.491 e. The number of rotatable bonds is 7. The van der Waals surface area contributed by atoms with Crippen LogP contribution < -0.4 is 15.0 Å². The molecular weight excluding hydrogens is 441 g/mol. The molecule has 0 bridgehead atoms. The minimum absolute atomic E-state index is 0.00852. The summed E-state index contributed by atoms with van der Waals surface area (Å²) in [7, 11) is 0. The molecule has 2 aromatic rings. The van der Waals surface area contributed by atoms with Crippen LogP contribution in [0.3, 0.4) is 0 Å². The summed E-state index contributed by atoms with van der Waals surface area (Å²) in [5, 5.41) is 2.26. The molecular formula is C23H23F3N2O5. The molecule has 1 atom stereocenters. The fourth-order valence-electron chi connectivity index (χ4n) is 3.32. The van der Waals surface area contributed by atoms with Crippen molar-refractivity contribution in [2.45, 2.75) is 32.5 Å². The van der Waals surface area contributed by atoms with Gasteiger partial charge in [0.25, 0.3) is 5.91 Å². The van der Waals surface area contributed by atoms with E-state index in [1.165, 1.54) is 11.0 Å². The molecule has 7 nitrogen and oxygen atoms in total. The molecule has 0 saturated carbocycles. The Labute approximate surface area is 188 Å². The molecule has 0 aliphatic carbocycles. The van der Waals surface area contributed by atoms with Crippen molar-refractivity contribution in [1.82, 2.24) is 0 Å². The summed E-state index contributed by atoms with van der Waals surface area (Å²) >= 11 is 0. The number of carbonyl (C=O) groups excluding carboxylic acids is 3. The molecule has 3 rings (SSSR count). The lowest BCUT2D eigenvalue weighted by molar-refractivity contribution is -0.151. The highest BCUT2D eigenvalue weighted by atomic mass is 19.4. The van der Waals surface area contributed by atoms with Crippen molar-refractivity contribution in [1.29, 1.82) is 0 Å². The van der Waals surface area contributed by atoms with E-state index < -0.39 is 36.1 Å². The Morgan fingerprint density at radius 2 is 1.85 bits per heavy atom. The molecule has 1 N–H and O–H groups in total. The van der Waals surface area contributed by atoms with E-state index in [4.69, 9.17) is 9.47 Å². The molecule has 0 spiro atoms. The van der Waals surface area contributed by atoms with Gasteiger partial charge in [-0.3, -0.25) is 14.4 Å². The zero-order chi connectivity index (χ0) is 24.2. The predicted octanol–water partition coefficient (Wildman–Crippen LogP) is 4.03. The Morgan fingerprint density at radius 1 is 1.15 bits per heavy atom. The van der Waals surface area contributed by atoms with Gasteiger partial charge in [0.1, 0.15) is 5.75 Å². The van der Waals surface area contributed by atoms with Crippen LogP contribution in [-0.4, -0.2) is 37.0 Å². The van der Waals surface area contributed by atoms with E-state index in [0.717, 1.165) is 18.2 Å². The third-order valence-electron chi connectivity index (χ3n) is 4.80. The summed E-state index contributed by atoms with van der Waals surface area (Å²) in [6, 6.07) is 11.0. The molecule has 2 amide bonds. The number of esters is 1. The van der Waals surface area contributed by atoms with Gasteiger partial charge in [-0.1, -0.05) is 6.07 Å². The molecule has 0 aromatic heterocycles. The van der Waals surface area contributed by atoms with E-state index in [1.54, 1.807) is 24.3 Å². The van der Waals surface area contributed by atoms with Crippen LogP contribution >= 0.6 is 0 Å². The maximum atomic E-state index is 12.8. The largest absolute Gasteiger partial charge is 0.491 e. The SMILES string of the molecule is CC(C)Oc1ccc(N2C[C@H](C(=O)OCC(=O)Nc3cccc(C(F)(F)F)c3)CC2=O)cc1. The quantitative estimate of drug-likeness (QED) is 0.626. The highest BCUT2D eigenvalue weighted by Crippen LogP contribution is 2.31. The van der Waals surface area contributed by atoms with Gasteiger partial charge in [-0.05, 0) is 56.3 Å². The molecule has 1 aliphatic heterocycles. The van der Waals surface area contributed by atoms with Crippen LogP contribution in [0.25, 0.3) is 0 Å². The molecule has 10 heteroatoms. The van der Waals surface area contributed by atoms with Crippen molar-refractivity contribution in [3.05, 3.63) is 54.1 Å². The predicted molar refractivity (Wildman–Crippen MR) is 114 cm³/mol. The number of carbonyl (C=O) groups is 3. The summed E-state index contributed by atoms with van der Waals surface area (Å²) in [6.45, 7) is 3.21. The molecule has 1 aliphatic rings. The minimum atomic E-state index is -4.55. The van der Waals surface area contributed by atoms with Gasteiger partial charge in [0, 0.05) is 24.3 Å². The smallest absolute Gasteiger partial charge is 0.416 e. The molecule has 0 unspecified atom stereocenters. The Morgan fingerprint density at radius 3 is 2.48 bits per heavy atom. The molecule has 1 fully saturated rings. The van der Waals surface area contributed by atoms with Crippen LogP contribution in [-0.2, 0) is 25.3 Å². The van der Waals surface area contributed by atoms with Gasteiger partial charge in [0.05, 0.1) is 17.6 Å². The third-order valence-corrected chi connectivity index (χ3v) is 4.80. The van der Waals surface area contributed by atoms with E-state index in [2.05, 4.69) is 5.32 Å². The van der Waals surface area contributed by atoms with Gasteiger partial charge in [-0.2, -0.15) is 13.2 Å². The van der Waals surface area contributed by atoms with Crippen molar-refractivity contribution in [2.24, 2.45) is 5.92 Å². The monoisotopic (exact) mass is 464 g/mol. The van der Waals surface area contributed by atoms with Gasteiger partial charge in [0.2, 0.25) is 5.91 Å². The molecule has 176 valence electrons. The van der Waals surface area contributed by atoms with Crippen LogP contribution in [0.5, 0.6) is 5.75 Å². The summed E-state index contributed by atoms with van der Waals surface area (Å²) in [5.41, 5.74) is -0.377. The van der Waals surface area contributed by atoms with E-state index >= 15 is 0 Å². The summed E-state index contributed by atoms with van der Waals surface area (Å²) in [6.07, 6.45) is -4.61. The van der Waals surface area contributed by atoms with Gasteiger partial charge in [0.15, 0.2) is 6.61 Å². The summed E-state index contributed by atoms with van der Waals surface area (Å²) in [5.74, 6) is -1.88. The standard InChI is InChI=1S/C23H23F3N2O5/c1-14(2)33-19-8-6-18(7-9-19)28-12-15(10-21(28)30)22(31)32-13-20(29)27-17-5-3-4-16(11-17)23(24,25)26/h3-9,11,14-15H,10,12-13H2,1-2H3,(H,27,29)/t15-/m1/s1. The highest BCUT2D eigenvalue weighted by Gasteiger charge is 2.36. The lowest BCUT2D eigenvalue weighted by Gasteiger charge is -2.17. The first-order valence-electron chi connectivity index (χ1n) is 10.2. The molecule has 1 heterocycles. The van der Waals surface area contributed by atoms with Crippen molar-refractivity contribution in [3.63, 3.8) is 0 Å². The number of nitrogens with zero attached hydrogens (tertiary/aromatic N) is 1. The van der Waals surface area contributed by atoms with Crippen molar-refractivity contribution in [2.75, 3.05) is 23.4 Å². The topological polar surface area (TPSA) is 84.9 Å². The van der Waals surface area contributed by atoms with Crippen molar-refractivity contribution >= 4 is 29.2 Å². The second-order valence-electron chi connectivity index (χ2n) is 7.80. The number of benzene rings is 2. The maximum absolute atomic E-state index is 12.8. The first-order chi connectivity index (χ1) is 15.5. The van der Waals surface area contributed by atoms with Crippen LogP contribution in [0.1, 0.15) is 25.8 Å². The first kappa shape index (κ1) is 24.1. The Bertz CT molecular complexity index is 1020. The zero-order valence-electron chi connectivity index (χ0n) is 18.0. The summed E-state index contributed by atoms with van der Waals surface area (Å²) in [4.78, 5) is 38.1. The van der Waals surface area contributed by atoms with E-state index in [1.807, 2.05) is 13.8 Å². The second kappa shape index (κ2) is 9.93. The molecule has 33 heavy (non-hydrogen) atoms. The average molecular weight is 464 g/mol. The van der Waals surface area contributed by atoms with Crippen LogP contribution in [0.15, 0.2) is 48.5 Å². The number of halogens is 3. The first-order valence-corrected chi connectivity index (χ1v) is 10.2. The number of ether oxygens (including phenoxy) is 2. The van der Waals surface area contributed by atoms with Gasteiger partial charge >= 0.3 is 12.1 Å². The lowest BCUT2D eigenvalue weighted by Crippen LogP contribution is -2.28. The molecule has 2 aromatic carbocycles. The normalized spacial score (nSPS) is 16.1. The summed E-state index contributed by atoms with van der Waals surface area (Å²) < 4.78 is 48.9. The van der Waals surface area contributed by atoms with Crippen LogP contribution in [0, 0.1) is 5.92 Å². The Hall–Kier alpha value is -3.56. The third kappa shape index (κ3) is 6.47. The number of alkyl halides is 3. The van der Waals surface area contributed by atoms with E-state index in [9.17, 15) is 27.6 Å². The van der Waals surface area contributed by atoms with Crippen molar-refractivity contribution in [3.8, 4) is 5.75 Å². The fraction of sp³-hybridized carbons (Fsp3) is 0.348. The Balaban J connectivity index is 1.52. The van der Waals surface area contributed by atoms with Gasteiger partial charge in [-0.25, -0.2) is 0 Å². The number of hydrogen-bond acceptors (Lipinski definition) is 5. The second-order valence-corrected chi connectivity index (χ2v) is 7.80. The number of anilines is 2. The van der Waals surface area contributed by atoms with Gasteiger partial charge in [-0.15, -0.1) is 0 Å². The van der Waals surface area contributed by atoms with Crippen LogP contribution in [0.2, 0.25) is 0 Å². The van der Waals surface area contributed by atoms with E-state index in [0.29, 0.717) is 11.4 Å². The number of nitrogens with one attached hydrogen (secondary N) is 1. The molecule has 0 radical (unpaired) electrons. The van der Waals surface area contributed by atoms with Gasteiger partial charge < -0.3 is 19.7 Å². The maximum Gasteiger partial charge on any atom is 0.416 e. The average Bonchev–Trinajstić information content (AvgIpc) is 3.13. The van der Waals surface area contributed by atoms with Crippen LogP contribution in [0.4, 0.5) is 24.5 Å². The molecule has 1 saturated heterocycles.